The van der Waals surface area contributed by atoms with Gasteiger partial charge in [-0.3, -0.25) is 14.5 Å². The van der Waals surface area contributed by atoms with Crippen LogP contribution in [0.15, 0.2) is 34.9 Å². The molecular weight excluding hydrogens is 358 g/mol. The third kappa shape index (κ3) is 3.77. The Morgan fingerprint density at radius 1 is 1.21 bits per heavy atom. The smallest absolute Gasteiger partial charge is 0.257 e. The topological polar surface area (TPSA) is 82.8 Å². The van der Waals surface area contributed by atoms with Gasteiger partial charge < -0.3 is 14.3 Å². The number of aromatic nitrogens is 2. The van der Waals surface area contributed by atoms with E-state index in [-0.39, 0.29) is 30.3 Å². The number of nitrogens with zero attached hydrogens (tertiary/aromatic N) is 5. The molecule has 3 fully saturated rings. The molecule has 2 bridgehead atoms. The van der Waals surface area contributed by atoms with Crippen molar-refractivity contribution in [3.63, 3.8) is 0 Å². The van der Waals surface area contributed by atoms with Crippen molar-refractivity contribution in [2.75, 3.05) is 33.7 Å². The van der Waals surface area contributed by atoms with E-state index in [1.54, 1.807) is 19.0 Å². The van der Waals surface area contributed by atoms with Crippen LogP contribution in [0.5, 0.6) is 0 Å². The second-order valence-corrected chi connectivity index (χ2v) is 7.76. The Labute approximate surface area is 164 Å². The van der Waals surface area contributed by atoms with E-state index in [4.69, 9.17) is 4.52 Å². The molecule has 2 aromatic rings. The molecule has 1 aromatic heterocycles. The van der Waals surface area contributed by atoms with Gasteiger partial charge in [0.2, 0.25) is 11.8 Å². The zero-order valence-electron chi connectivity index (χ0n) is 16.2. The van der Waals surface area contributed by atoms with E-state index in [0.29, 0.717) is 24.8 Å². The van der Waals surface area contributed by atoms with Gasteiger partial charge in [0.25, 0.3) is 5.89 Å². The minimum atomic E-state index is -0.0748. The Hall–Kier alpha value is -2.74. The summed E-state index contributed by atoms with van der Waals surface area (Å²) in [6.45, 7) is 2.07. The van der Waals surface area contributed by atoms with Gasteiger partial charge in [-0.1, -0.05) is 23.4 Å². The maximum absolute atomic E-state index is 12.8. The van der Waals surface area contributed by atoms with Crippen LogP contribution in [0.1, 0.15) is 18.7 Å². The predicted octanol–water partition coefficient (Wildman–Crippen LogP) is 1.25. The molecule has 0 saturated carbocycles. The molecule has 8 nitrogen and oxygen atoms in total. The van der Waals surface area contributed by atoms with Crippen molar-refractivity contribution in [1.29, 1.82) is 0 Å². The van der Waals surface area contributed by atoms with E-state index in [2.05, 4.69) is 15.0 Å². The summed E-state index contributed by atoms with van der Waals surface area (Å²) in [6, 6.07) is 9.72. The number of fused-ring (bicyclic) bond motifs is 4. The molecule has 3 saturated heterocycles. The number of benzene rings is 1. The summed E-state index contributed by atoms with van der Waals surface area (Å²) in [7, 11) is 3.44. The molecule has 0 spiro atoms. The first-order valence-corrected chi connectivity index (χ1v) is 9.62. The van der Waals surface area contributed by atoms with E-state index in [1.165, 1.54) is 4.90 Å². The van der Waals surface area contributed by atoms with Gasteiger partial charge in [-0.25, -0.2) is 0 Å². The molecule has 0 unspecified atom stereocenters. The molecule has 1 aromatic carbocycles. The van der Waals surface area contributed by atoms with E-state index < -0.39 is 0 Å². The van der Waals surface area contributed by atoms with Gasteiger partial charge in [0, 0.05) is 38.8 Å². The number of rotatable bonds is 5. The van der Waals surface area contributed by atoms with Crippen LogP contribution in [0.4, 0.5) is 0 Å². The molecule has 0 aliphatic carbocycles. The first kappa shape index (κ1) is 18.6. The maximum atomic E-state index is 12.8. The molecule has 3 aliphatic rings. The molecule has 2 atom stereocenters. The van der Waals surface area contributed by atoms with Crippen molar-refractivity contribution in [2.24, 2.45) is 5.92 Å². The van der Waals surface area contributed by atoms with Crippen LogP contribution in [0.25, 0.3) is 11.5 Å². The Morgan fingerprint density at radius 3 is 2.75 bits per heavy atom. The number of hydrogen-bond acceptors (Lipinski definition) is 6. The number of hydrogen-bond donors (Lipinski definition) is 0. The number of carbonyl (C=O) groups is 2. The molecule has 3 aliphatic heterocycles. The lowest BCUT2D eigenvalue weighted by molar-refractivity contribution is -0.145. The van der Waals surface area contributed by atoms with Crippen LogP contribution in [0, 0.1) is 5.92 Å². The Bertz CT molecular complexity index is 851. The summed E-state index contributed by atoms with van der Waals surface area (Å²) in [5.41, 5.74) is 0.890. The Kier molecular flexibility index (Phi) is 5.13. The number of carbonyl (C=O) groups excluding carboxylic acids is 2. The molecular formula is C20H25N5O3. The Morgan fingerprint density at radius 2 is 2.00 bits per heavy atom. The van der Waals surface area contributed by atoms with Crippen LogP contribution >= 0.6 is 0 Å². The third-order valence-electron chi connectivity index (χ3n) is 5.53. The van der Waals surface area contributed by atoms with Crippen molar-refractivity contribution in [1.82, 2.24) is 24.8 Å². The van der Waals surface area contributed by atoms with Gasteiger partial charge in [-0.05, 0) is 25.0 Å². The molecule has 148 valence electrons. The second-order valence-electron chi connectivity index (χ2n) is 7.76. The highest BCUT2D eigenvalue weighted by molar-refractivity contribution is 5.86. The van der Waals surface area contributed by atoms with Crippen LogP contribution < -0.4 is 0 Å². The first-order valence-electron chi connectivity index (χ1n) is 9.62. The lowest BCUT2D eigenvalue weighted by atomic mass is 9.94. The van der Waals surface area contributed by atoms with Crippen molar-refractivity contribution in [3.05, 3.63) is 36.2 Å². The average molecular weight is 383 g/mol. The summed E-state index contributed by atoms with van der Waals surface area (Å²) in [5, 5.41) is 4.11. The molecule has 8 heteroatoms. The van der Waals surface area contributed by atoms with Crippen molar-refractivity contribution >= 4 is 11.8 Å². The fourth-order valence-electron chi connectivity index (χ4n) is 3.97. The maximum Gasteiger partial charge on any atom is 0.257 e. The monoisotopic (exact) mass is 383 g/mol. The highest BCUT2D eigenvalue weighted by Gasteiger charge is 2.41. The van der Waals surface area contributed by atoms with E-state index in [1.807, 2.05) is 30.3 Å². The standard InChI is InChI=1S/C20H25N5O3/c1-23(2)18(26)13-25-16-9-8-15(20(25)27)10-24(11-16)12-17-21-19(28-22-17)14-6-4-3-5-7-14/h3-7,15-16H,8-13H2,1-2H3/t15-,16+/m1/s1. The van der Waals surface area contributed by atoms with Crippen LogP contribution in [-0.2, 0) is 16.1 Å². The van der Waals surface area contributed by atoms with Crippen molar-refractivity contribution in [3.8, 4) is 11.5 Å². The molecule has 4 heterocycles. The van der Waals surface area contributed by atoms with Crippen LogP contribution in [0.2, 0.25) is 0 Å². The summed E-state index contributed by atoms with van der Waals surface area (Å²) in [4.78, 5) is 35.0. The van der Waals surface area contributed by atoms with Crippen LogP contribution in [-0.4, -0.2) is 76.4 Å². The quantitative estimate of drug-likeness (QED) is 0.773. The van der Waals surface area contributed by atoms with E-state index in [9.17, 15) is 9.59 Å². The molecule has 0 N–H and O–H groups in total. The van der Waals surface area contributed by atoms with Gasteiger partial charge in [0.1, 0.15) is 6.54 Å². The van der Waals surface area contributed by atoms with E-state index >= 15 is 0 Å². The number of likely N-dealkylation sites (N-methyl/N-ethyl adjacent to an activating group) is 1. The lowest BCUT2D eigenvalue weighted by Gasteiger charge is -2.36. The van der Waals surface area contributed by atoms with E-state index in [0.717, 1.165) is 24.9 Å². The fourth-order valence-corrected chi connectivity index (χ4v) is 3.97. The Balaban J connectivity index is 1.45. The predicted molar refractivity (Wildman–Crippen MR) is 102 cm³/mol. The minimum Gasteiger partial charge on any atom is -0.347 e. The largest absolute Gasteiger partial charge is 0.347 e. The zero-order chi connectivity index (χ0) is 19.7. The second kappa shape index (κ2) is 7.71. The molecule has 5 rings (SSSR count). The van der Waals surface area contributed by atoms with Gasteiger partial charge >= 0.3 is 0 Å². The number of amides is 2. The van der Waals surface area contributed by atoms with Gasteiger partial charge in [-0.2, -0.15) is 4.98 Å². The summed E-state index contributed by atoms with van der Waals surface area (Å²) >= 11 is 0. The molecule has 2 amide bonds. The van der Waals surface area contributed by atoms with Crippen molar-refractivity contribution in [2.45, 2.75) is 25.4 Å². The van der Waals surface area contributed by atoms with Gasteiger partial charge in [0.05, 0.1) is 12.5 Å². The third-order valence-corrected chi connectivity index (χ3v) is 5.53. The fraction of sp³-hybridized carbons (Fsp3) is 0.500. The highest BCUT2D eigenvalue weighted by atomic mass is 16.5. The normalized spacial score (nSPS) is 22.4. The lowest BCUT2D eigenvalue weighted by Crippen LogP contribution is -2.51. The number of piperidine rings is 1. The first-order chi connectivity index (χ1) is 13.5. The SMILES string of the molecule is CN(C)C(=O)CN1C(=O)[C@@H]2CC[C@H]1CN(Cc1noc(-c3ccccc3)n1)C2. The van der Waals surface area contributed by atoms with Gasteiger partial charge in [0.15, 0.2) is 5.82 Å². The molecule has 28 heavy (non-hydrogen) atoms. The summed E-state index contributed by atoms with van der Waals surface area (Å²) in [5.74, 6) is 1.09. The zero-order valence-corrected chi connectivity index (χ0v) is 16.2. The highest BCUT2D eigenvalue weighted by Crippen LogP contribution is 2.30. The van der Waals surface area contributed by atoms with Crippen molar-refractivity contribution < 1.29 is 14.1 Å². The summed E-state index contributed by atoms with van der Waals surface area (Å²) < 4.78 is 5.40. The average Bonchev–Trinajstić information content (AvgIpc) is 3.00. The van der Waals surface area contributed by atoms with Gasteiger partial charge in [-0.15, -0.1) is 0 Å². The minimum absolute atomic E-state index is 0.0434. The molecule has 0 radical (unpaired) electrons. The summed E-state index contributed by atoms with van der Waals surface area (Å²) in [6.07, 6.45) is 1.79. The van der Waals surface area contributed by atoms with Crippen LogP contribution in [0.3, 0.4) is 0 Å².